The van der Waals surface area contributed by atoms with Gasteiger partial charge in [0.2, 0.25) is 0 Å². The quantitative estimate of drug-likeness (QED) is 0.733. The van der Waals surface area contributed by atoms with Crippen molar-refractivity contribution in [2.24, 2.45) is 0 Å². The lowest BCUT2D eigenvalue weighted by atomic mass is 10.1. The van der Waals surface area contributed by atoms with E-state index in [2.05, 4.69) is 17.1 Å². The molecule has 0 saturated heterocycles. The van der Waals surface area contributed by atoms with E-state index in [1.807, 2.05) is 23.1 Å². The Labute approximate surface area is 150 Å². The molecule has 2 aliphatic carbocycles. The Hall–Kier alpha value is -2.95. The van der Waals surface area contributed by atoms with Gasteiger partial charge in [-0.05, 0) is 48.9 Å². The van der Waals surface area contributed by atoms with E-state index in [1.165, 1.54) is 21.7 Å². The molecule has 3 aromatic rings. The van der Waals surface area contributed by atoms with Crippen molar-refractivity contribution >= 4 is 11.6 Å². The fourth-order valence-corrected chi connectivity index (χ4v) is 4.05. The molecule has 0 radical (unpaired) electrons. The third kappa shape index (κ3) is 2.35. The minimum atomic E-state index is -0.294. The standard InChI is InChI=1S/C21H19N3O2/c25-20-17(13-22-19-7-3-4-12-23(19)20)21(26)24(15-9-10-15)18-11-8-14-5-1-2-6-16(14)18/h1-7,12-13,15,18H,8-11H2/t18-/m1/s1. The summed E-state index contributed by atoms with van der Waals surface area (Å²) in [6.45, 7) is 0. The van der Waals surface area contributed by atoms with Crippen molar-refractivity contribution < 1.29 is 4.79 Å². The minimum absolute atomic E-state index is 0.0575. The molecule has 1 amide bonds. The van der Waals surface area contributed by atoms with Gasteiger partial charge < -0.3 is 4.90 Å². The van der Waals surface area contributed by atoms with Crippen LogP contribution in [-0.2, 0) is 6.42 Å². The van der Waals surface area contributed by atoms with E-state index in [-0.39, 0.29) is 29.1 Å². The Bertz CT molecular complexity index is 1070. The molecule has 1 aromatic carbocycles. The molecule has 5 heteroatoms. The van der Waals surface area contributed by atoms with Crippen LogP contribution >= 0.6 is 0 Å². The highest BCUT2D eigenvalue weighted by Crippen LogP contribution is 2.42. The van der Waals surface area contributed by atoms with Gasteiger partial charge in [-0.1, -0.05) is 30.3 Å². The molecular weight excluding hydrogens is 326 g/mol. The lowest BCUT2D eigenvalue weighted by molar-refractivity contribution is 0.0655. The van der Waals surface area contributed by atoms with Crippen LogP contribution in [0.15, 0.2) is 59.7 Å². The Balaban J connectivity index is 1.58. The number of amides is 1. The largest absolute Gasteiger partial charge is 0.328 e. The second kappa shape index (κ2) is 5.80. The van der Waals surface area contributed by atoms with Crippen LogP contribution in [0, 0.1) is 0 Å². The molecule has 0 N–H and O–H groups in total. The van der Waals surface area contributed by atoms with Crippen LogP contribution in [0.1, 0.15) is 46.8 Å². The van der Waals surface area contributed by atoms with E-state index in [0.29, 0.717) is 5.65 Å². The molecule has 1 fully saturated rings. The van der Waals surface area contributed by atoms with Crippen LogP contribution < -0.4 is 5.56 Å². The van der Waals surface area contributed by atoms with Crippen LogP contribution in [0.2, 0.25) is 0 Å². The van der Waals surface area contributed by atoms with Gasteiger partial charge in [0.15, 0.2) is 0 Å². The molecule has 0 aliphatic heterocycles. The lowest BCUT2D eigenvalue weighted by Crippen LogP contribution is -2.39. The average molecular weight is 345 g/mol. The number of aromatic nitrogens is 2. The molecule has 0 bridgehead atoms. The Morgan fingerprint density at radius 2 is 1.88 bits per heavy atom. The molecule has 5 nitrogen and oxygen atoms in total. The second-order valence-electron chi connectivity index (χ2n) is 7.10. The number of hydrogen-bond acceptors (Lipinski definition) is 3. The van der Waals surface area contributed by atoms with E-state index in [4.69, 9.17) is 0 Å². The highest BCUT2D eigenvalue weighted by Gasteiger charge is 2.41. The van der Waals surface area contributed by atoms with Crippen LogP contribution in [0.4, 0.5) is 0 Å². The Kier molecular flexibility index (Phi) is 3.42. The van der Waals surface area contributed by atoms with Gasteiger partial charge in [-0.25, -0.2) is 4.98 Å². The van der Waals surface area contributed by atoms with Gasteiger partial charge >= 0.3 is 0 Å². The topological polar surface area (TPSA) is 54.7 Å². The number of carbonyl (C=O) groups is 1. The summed E-state index contributed by atoms with van der Waals surface area (Å²) in [4.78, 5) is 32.5. The van der Waals surface area contributed by atoms with E-state index >= 15 is 0 Å². The third-order valence-corrected chi connectivity index (χ3v) is 5.46. The van der Waals surface area contributed by atoms with Crippen LogP contribution in [0.5, 0.6) is 0 Å². The van der Waals surface area contributed by atoms with Crippen LogP contribution in [0.3, 0.4) is 0 Å². The average Bonchev–Trinajstić information content (AvgIpc) is 3.42. The third-order valence-electron chi connectivity index (χ3n) is 5.46. The lowest BCUT2D eigenvalue weighted by Gasteiger charge is -2.29. The number of hydrogen-bond donors (Lipinski definition) is 0. The van der Waals surface area contributed by atoms with Gasteiger partial charge in [-0.3, -0.25) is 14.0 Å². The van der Waals surface area contributed by atoms with Crippen molar-refractivity contribution in [3.63, 3.8) is 0 Å². The molecule has 1 saturated carbocycles. The first-order valence-electron chi connectivity index (χ1n) is 9.11. The van der Waals surface area contributed by atoms with Crippen molar-refractivity contribution in [3.05, 3.63) is 81.9 Å². The molecule has 2 aromatic heterocycles. The summed E-state index contributed by atoms with van der Waals surface area (Å²) in [6, 6.07) is 14.0. The Morgan fingerprint density at radius 3 is 2.73 bits per heavy atom. The smallest absolute Gasteiger partial charge is 0.270 e. The van der Waals surface area contributed by atoms with Gasteiger partial charge in [0.25, 0.3) is 11.5 Å². The number of aryl methyl sites for hydroxylation is 1. The summed E-state index contributed by atoms with van der Waals surface area (Å²) in [7, 11) is 0. The normalized spacial score (nSPS) is 18.7. The summed E-state index contributed by atoms with van der Waals surface area (Å²) < 4.78 is 1.45. The predicted molar refractivity (Wildman–Crippen MR) is 98.2 cm³/mol. The molecule has 2 aliphatic rings. The maximum atomic E-state index is 13.4. The van der Waals surface area contributed by atoms with Gasteiger partial charge in [-0.2, -0.15) is 0 Å². The molecule has 0 unspecified atom stereocenters. The van der Waals surface area contributed by atoms with Crippen molar-refractivity contribution in [2.75, 3.05) is 0 Å². The predicted octanol–water partition coefficient (Wildman–Crippen LogP) is 2.99. The molecule has 0 spiro atoms. The summed E-state index contributed by atoms with van der Waals surface area (Å²) in [6.07, 6.45) is 7.01. The first-order valence-corrected chi connectivity index (χ1v) is 9.11. The number of fused-ring (bicyclic) bond motifs is 2. The van der Waals surface area contributed by atoms with Gasteiger partial charge in [-0.15, -0.1) is 0 Å². The monoisotopic (exact) mass is 345 g/mol. The zero-order chi connectivity index (χ0) is 17.7. The zero-order valence-corrected chi connectivity index (χ0v) is 14.3. The highest BCUT2D eigenvalue weighted by molar-refractivity contribution is 5.94. The van der Waals surface area contributed by atoms with Gasteiger partial charge in [0.1, 0.15) is 11.2 Å². The number of carbonyl (C=O) groups excluding carboxylic acids is 1. The van der Waals surface area contributed by atoms with Crippen molar-refractivity contribution in [2.45, 2.75) is 37.8 Å². The molecular formula is C21H19N3O2. The van der Waals surface area contributed by atoms with E-state index in [1.54, 1.807) is 18.3 Å². The maximum Gasteiger partial charge on any atom is 0.270 e. The number of benzene rings is 1. The van der Waals surface area contributed by atoms with Gasteiger partial charge in [0.05, 0.1) is 6.04 Å². The molecule has 130 valence electrons. The molecule has 26 heavy (non-hydrogen) atoms. The second-order valence-corrected chi connectivity index (χ2v) is 7.10. The Morgan fingerprint density at radius 1 is 1.08 bits per heavy atom. The van der Waals surface area contributed by atoms with E-state index in [9.17, 15) is 9.59 Å². The van der Waals surface area contributed by atoms with Gasteiger partial charge in [0, 0.05) is 18.4 Å². The molecule has 1 atom stereocenters. The highest BCUT2D eigenvalue weighted by atomic mass is 16.2. The fraction of sp³-hybridized carbons (Fsp3) is 0.286. The SMILES string of the molecule is O=C(c1cnc2ccccn2c1=O)N(C1CC1)[C@@H]1CCc2ccccc21. The van der Waals surface area contributed by atoms with E-state index in [0.717, 1.165) is 25.7 Å². The maximum absolute atomic E-state index is 13.4. The van der Waals surface area contributed by atoms with Crippen molar-refractivity contribution in [3.8, 4) is 0 Å². The summed E-state index contributed by atoms with van der Waals surface area (Å²) in [5.41, 5.74) is 2.95. The van der Waals surface area contributed by atoms with Crippen LogP contribution in [0.25, 0.3) is 5.65 Å². The fourth-order valence-electron chi connectivity index (χ4n) is 4.05. The van der Waals surface area contributed by atoms with Crippen molar-refractivity contribution in [1.82, 2.24) is 14.3 Å². The summed E-state index contributed by atoms with van der Waals surface area (Å²) in [5.74, 6) is -0.190. The first-order chi connectivity index (χ1) is 12.7. The minimum Gasteiger partial charge on any atom is -0.328 e. The summed E-state index contributed by atoms with van der Waals surface area (Å²) in [5, 5.41) is 0. The van der Waals surface area contributed by atoms with Crippen molar-refractivity contribution in [1.29, 1.82) is 0 Å². The van der Waals surface area contributed by atoms with E-state index < -0.39 is 0 Å². The van der Waals surface area contributed by atoms with Crippen LogP contribution in [-0.4, -0.2) is 26.2 Å². The summed E-state index contributed by atoms with van der Waals surface area (Å²) >= 11 is 0. The molecule has 5 rings (SSSR count). The zero-order valence-electron chi connectivity index (χ0n) is 14.3. The number of rotatable bonds is 3. The molecule has 2 heterocycles. The first kappa shape index (κ1) is 15.3. The number of nitrogens with zero attached hydrogens (tertiary/aromatic N) is 3. The number of pyridine rings is 1.